The Morgan fingerprint density at radius 3 is 2.68 bits per heavy atom. The van der Waals surface area contributed by atoms with Gasteiger partial charge in [0.1, 0.15) is 18.1 Å². The van der Waals surface area contributed by atoms with Crippen molar-refractivity contribution in [3.05, 3.63) is 109 Å². The van der Waals surface area contributed by atoms with E-state index in [0.29, 0.717) is 35.8 Å². The molecule has 3 aromatic heterocycles. The fourth-order valence-electron chi connectivity index (χ4n) is 3.52. The fourth-order valence-corrected chi connectivity index (χ4v) is 3.52. The Kier molecular flexibility index (Phi) is 6.11. The van der Waals surface area contributed by atoms with Crippen molar-refractivity contribution in [1.82, 2.24) is 24.5 Å². The molecule has 0 bridgehead atoms. The summed E-state index contributed by atoms with van der Waals surface area (Å²) in [6.45, 7) is 1.10. The second-order valence-electron chi connectivity index (χ2n) is 7.51. The normalized spacial score (nSPS) is 10.7. The van der Waals surface area contributed by atoms with Crippen LogP contribution >= 0.6 is 0 Å². The number of amides is 1. The number of carbonyl (C=O) groups excluding carboxylic acids is 1. The highest BCUT2D eigenvalue weighted by molar-refractivity contribution is 6.08. The topological polar surface area (TPSA) is 86.9 Å². The second-order valence-corrected chi connectivity index (χ2v) is 7.51. The van der Waals surface area contributed by atoms with Gasteiger partial charge in [0.25, 0.3) is 5.91 Å². The van der Waals surface area contributed by atoms with Crippen molar-refractivity contribution in [2.75, 3.05) is 11.9 Å². The van der Waals surface area contributed by atoms with E-state index in [-0.39, 0.29) is 5.91 Å². The molecule has 0 atom stereocenters. The van der Waals surface area contributed by atoms with Gasteiger partial charge in [0.2, 0.25) is 0 Å². The highest BCUT2D eigenvalue weighted by atomic mass is 16.5. The number of nitrogens with zero attached hydrogens (tertiary/aromatic N) is 5. The van der Waals surface area contributed by atoms with E-state index >= 15 is 0 Å². The Labute approximate surface area is 196 Å². The number of carbonyl (C=O) groups is 1. The monoisotopic (exact) mass is 450 g/mol. The van der Waals surface area contributed by atoms with E-state index in [1.807, 2.05) is 72.9 Å². The summed E-state index contributed by atoms with van der Waals surface area (Å²) in [4.78, 5) is 17.5. The van der Waals surface area contributed by atoms with Gasteiger partial charge in [-0.15, -0.1) is 0 Å². The van der Waals surface area contributed by atoms with Crippen LogP contribution in [0.25, 0.3) is 16.9 Å². The Morgan fingerprint density at radius 1 is 0.971 bits per heavy atom. The van der Waals surface area contributed by atoms with Gasteiger partial charge in [-0.25, -0.2) is 4.68 Å². The molecular formula is C26H22N6O2. The summed E-state index contributed by atoms with van der Waals surface area (Å²) in [5.41, 5.74) is 3.26. The molecule has 8 heteroatoms. The van der Waals surface area contributed by atoms with Crippen LogP contribution in [0, 0.1) is 0 Å². The lowest BCUT2D eigenvalue weighted by Gasteiger charge is -2.09. The van der Waals surface area contributed by atoms with E-state index in [1.165, 1.54) is 0 Å². The van der Waals surface area contributed by atoms with Crippen molar-refractivity contribution in [3.8, 4) is 22.7 Å². The molecule has 3 heterocycles. The first-order valence-electron chi connectivity index (χ1n) is 10.8. The fraction of sp³-hybridized carbons (Fsp3) is 0.0769. The van der Waals surface area contributed by atoms with E-state index in [1.54, 1.807) is 40.2 Å². The number of nitrogens with one attached hydrogen (secondary N) is 1. The van der Waals surface area contributed by atoms with Gasteiger partial charge in [-0.05, 0) is 42.5 Å². The molecule has 0 radical (unpaired) electrons. The minimum Gasteiger partial charge on any atom is -0.492 e. The van der Waals surface area contributed by atoms with Gasteiger partial charge >= 0.3 is 0 Å². The Hall–Kier alpha value is -4.72. The van der Waals surface area contributed by atoms with Gasteiger partial charge in [-0.3, -0.25) is 14.5 Å². The minimum absolute atomic E-state index is 0.269. The van der Waals surface area contributed by atoms with Crippen LogP contribution in [-0.4, -0.2) is 37.1 Å². The first kappa shape index (κ1) is 21.1. The Morgan fingerprint density at radius 2 is 1.88 bits per heavy atom. The number of aromatic nitrogens is 5. The predicted octanol–water partition coefficient (Wildman–Crippen LogP) is 4.46. The summed E-state index contributed by atoms with van der Waals surface area (Å²) in [7, 11) is 0. The van der Waals surface area contributed by atoms with Crippen molar-refractivity contribution in [1.29, 1.82) is 0 Å². The first-order chi connectivity index (χ1) is 16.8. The van der Waals surface area contributed by atoms with Crippen LogP contribution in [0.1, 0.15) is 10.4 Å². The van der Waals surface area contributed by atoms with Crippen LogP contribution in [0.2, 0.25) is 0 Å². The predicted molar refractivity (Wildman–Crippen MR) is 129 cm³/mol. The van der Waals surface area contributed by atoms with E-state index in [0.717, 1.165) is 11.3 Å². The molecule has 0 aliphatic heterocycles. The number of ether oxygens (including phenoxy) is 1. The second kappa shape index (κ2) is 9.83. The zero-order valence-corrected chi connectivity index (χ0v) is 18.3. The van der Waals surface area contributed by atoms with Crippen LogP contribution in [0.5, 0.6) is 5.75 Å². The molecule has 0 unspecified atom stereocenters. The molecule has 2 aromatic carbocycles. The van der Waals surface area contributed by atoms with Crippen molar-refractivity contribution in [2.24, 2.45) is 0 Å². The molecule has 5 aromatic rings. The number of hydrogen-bond donors (Lipinski definition) is 1. The SMILES string of the molecule is O=C(Nc1cccc(OCCn2cccn2)c1)c1cn(-c2ccccc2)nc1-c1cccnc1. The number of anilines is 1. The van der Waals surface area contributed by atoms with E-state index < -0.39 is 0 Å². The molecule has 0 saturated heterocycles. The maximum atomic E-state index is 13.3. The van der Waals surface area contributed by atoms with E-state index in [4.69, 9.17) is 4.74 Å². The lowest BCUT2D eigenvalue weighted by Crippen LogP contribution is -2.13. The van der Waals surface area contributed by atoms with Gasteiger partial charge < -0.3 is 10.1 Å². The van der Waals surface area contributed by atoms with Crippen LogP contribution in [0.4, 0.5) is 5.69 Å². The quantitative estimate of drug-likeness (QED) is 0.377. The summed E-state index contributed by atoms with van der Waals surface area (Å²) < 4.78 is 9.33. The molecule has 34 heavy (non-hydrogen) atoms. The molecule has 0 aliphatic rings. The molecule has 0 aliphatic carbocycles. The average Bonchev–Trinajstić information content (AvgIpc) is 3.56. The summed E-state index contributed by atoms with van der Waals surface area (Å²) in [6.07, 6.45) is 8.74. The Bertz CT molecular complexity index is 1370. The molecule has 8 nitrogen and oxygen atoms in total. The molecule has 0 saturated carbocycles. The number of para-hydroxylation sites is 1. The highest BCUT2D eigenvalue weighted by Crippen LogP contribution is 2.25. The van der Waals surface area contributed by atoms with Gasteiger partial charge in [0, 0.05) is 48.3 Å². The summed E-state index contributed by atoms with van der Waals surface area (Å²) in [5, 5.41) is 11.8. The van der Waals surface area contributed by atoms with Gasteiger partial charge in [0.15, 0.2) is 0 Å². The molecule has 0 spiro atoms. The lowest BCUT2D eigenvalue weighted by atomic mass is 10.1. The summed E-state index contributed by atoms with van der Waals surface area (Å²) in [6, 6.07) is 22.6. The van der Waals surface area contributed by atoms with Gasteiger partial charge in [-0.1, -0.05) is 24.3 Å². The molecular weight excluding hydrogens is 428 g/mol. The maximum absolute atomic E-state index is 13.3. The van der Waals surface area contributed by atoms with Crippen LogP contribution < -0.4 is 10.1 Å². The number of hydrogen-bond acceptors (Lipinski definition) is 5. The molecule has 1 amide bonds. The number of rotatable bonds is 8. The third kappa shape index (κ3) is 4.86. The molecule has 168 valence electrons. The molecule has 5 rings (SSSR count). The number of pyridine rings is 1. The molecule has 0 fully saturated rings. The minimum atomic E-state index is -0.269. The Balaban J connectivity index is 1.36. The zero-order valence-electron chi connectivity index (χ0n) is 18.3. The van der Waals surface area contributed by atoms with Crippen molar-refractivity contribution in [2.45, 2.75) is 6.54 Å². The maximum Gasteiger partial charge on any atom is 0.259 e. The standard InChI is InChI=1S/C26H22N6O2/c33-26(29-21-8-4-11-23(17-21)34-16-15-31-14-6-13-28-31)24-19-32(22-9-2-1-3-10-22)30-25(24)20-7-5-12-27-18-20/h1-14,17-19H,15-16H2,(H,29,33). The van der Waals surface area contributed by atoms with Crippen molar-refractivity contribution in [3.63, 3.8) is 0 Å². The average molecular weight is 451 g/mol. The number of benzene rings is 2. The van der Waals surface area contributed by atoms with Crippen LogP contribution in [0.3, 0.4) is 0 Å². The van der Waals surface area contributed by atoms with Gasteiger partial charge in [0.05, 0.1) is 17.8 Å². The molecule has 1 N–H and O–H groups in total. The van der Waals surface area contributed by atoms with E-state index in [2.05, 4.69) is 20.5 Å². The van der Waals surface area contributed by atoms with Crippen LogP contribution in [-0.2, 0) is 6.54 Å². The largest absolute Gasteiger partial charge is 0.492 e. The van der Waals surface area contributed by atoms with Gasteiger partial charge in [-0.2, -0.15) is 10.2 Å². The van der Waals surface area contributed by atoms with E-state index in [9.17, 15) is 4.79 Å². The van der Waals surface area contributed by atoms with Crippen molar-refractivity contribution >= 4 is 11.6 Å². The van der Waals surface area contributed by atoms with Crippen LogP contribution in [0.15, 0.2) is 104 Å². The smallest absolute Gasteiger partial charge is 0.259 e. The third-order valence-electron chi connectivity index (χ3n) is 5.15. The first-order valence-corrected chi connectivity index (χ1v) is 10.8. The van der Waals surface area contributed by atoms with Crippen molar-refractivity contribution < 1.29 is 9.53 Å². The zero-order chi connectivity index (χ0) is 23.2. The summed E-state index contributed by atoms with van der Waals surface area (Å²) in [5.74, 6) is 0.396. The highest BCUT2D eigenvalue weighted by Gasteiger charge is 2.19. The summed E-state index contributed by atoms with van der Waals surface area (Å²) >= 11 is 0. The third-order valence-corrected chi connectivity index (χ3v) is 5.15. The lowest BCUT2D eigenvalue weighted by molar-refractivity contribution is 0.102.